The van der Waals surface area contributed by atoms with Gasteiger partial charge in [0.25, 0.3) is 0 Å². The Balaban J connectivity index is 0.000000293. The maximum absolute atomic E-state index is 10.7. The van der Waals surface area contributed by atoms with Gasteiger partial charge in [-0.15, -0.1) is 0 Å². The molecule has 0 fully saturated rings. The van der Waals surface area contributed by atoms with Crippen LogP contribution in [0, 0.1) is 0 Å². The van der Waals surface area contributed by atoms with Crippen LogP contribution in [0.25, 0.3) is 12.2 Å². The molecular weight excluding hydrogens is 545 g/mol. The Morgan fingerprint density at radius 2 is 0.884 bits per heavy atom. The molecule has 216 valence electrons. The second-order valence-corrected chi connectivity index (χ2v) is 8.69. The van der Waals surface area contributed by atoms with Crippen molar-refractivity contribution in [1.82, 2.24) is 0 Å². The zero-order valence-electron chi connectivity index (χ0n) is 23.9. The molecule has 43 heavy (non-hydrogen) atoms. The summed E-state index contributed by atoms with van der Waals surface area (Å²) in [5.74, 6) is -1.70. The molecule has 0 radical (unpaired) electrons. The van der Waals surface area contributed by atoms with Crippen molar-refractivity contribution >= 4 is 34.2 Å². The molecule has 0 heterocycles. The number of carboxylic acid groups (broad SMARTS) is 2. The second-order valence-electron chi connectivity index (χ2n) is 8.69. The van der Waals surface area contributed by atoms with Crippen molar-refractivity contribution < 1.29 is 38.7 Å². The van der Waals surface area contributed by atoms with Gasteiger partial charge in [0.15, 0.2) is 0 Å². The number of rotatable bonds is 12. The summed E-state index contributed by atoms with van der Waals surface area (Å²) in [6.07, 6.45) is 2.80. The molecule has 0 aliphatic carbocycles. The van der Waals surface area contributed by atoms with Crippen LogP contribution in [0.1, 0.15) is 22.3 Å². The van der Waals surface area contributed by atoms with Gasteiger partial charge in [-0.05, 0) is 58.7 Å². The zero-order chi connectivity index (χ0) is 30.2. The minimum Gasteiger partial charge on any atom is -0.542 e. The third kappa shape index (κ3) is 12.0. The van der Waals surface area contributed by atoms with Gasteiger partial charge in [0.1, 0.15) is 48.2 Å². The molecule has 4 rings (SSSR count). The monoisotopic (exact) mass is 575 g/mol. The summed E-state index contributed by atoms with van der Waals surface area (Å²) in [6.45, 7) is 0.969. The standard InChI is InChI=1S/2C17H16O4.Be/c2*1-20-16(17(18)19)11-13-7-9-15(10-8-13)21-12-14-5-3-2-4-6-14;/h2*2-11H,12H2,1H3,(H,18,19);/q;;+2/p-2/b2*16-11-;. The Bertz CT molecular complexity index is 1350. The molecule has 8 nitrogen and oxygen atoms in total. The predicted octanol–water partition coefficient (Wildman–Crippen LogP) is 3.62. The van der Waals surface area contributed by atoms with E-state index in [0.717, 1.165) is 11.1 Å². The molecule has 0 atom stereocenters. The van der Waals surface area contributed by atoms with Gasteiger partial charge in [-0.3, -0.25) is 0 Å². The molecule has 0 aliphatic heterocycles. The molecule has 0 spiro atoms. The number of ether oxygens (including phenoxy) is 4. The number of benzene rings is 4. The molecule has 4 aromatic carbocycles. The largest absolute Gasteiger partial charge is 2.00 e. The van der Waals surface area contributed by atoms with E-state index >= 15 is 0 Å². The van der Waals surface area contributed by atoms with Crippen molar-refractivity contribution in [1.29, 1.82) is 0 Å². The van der Waals surface area contributed by atoms with Crippen molar-refractivity contribution in [3.8, 4) is 11.5 Å². The van der Waals surface area contributed by atoms with Crippen molar-refractivity contribution in [2.24, 2.45) is 0 Å². The Labute approximate surface area is 254 Å². The van der Waals surface area contributed by atoms with E-state index in [1.165, 1.54) is 26.4 Å². The van der Waals surface area contributed by atoms with Gasteiger partial charge >= 0.3 is 10.1 Å². The van der Waals surface area contributed by atoms with Gasteiger partial charge in [0.2, 0.25) is 0 Å². The molecule has 0 amide bonds. The molecule has 0 bridgehead atoms. The van der Waals surface area contributed by atoms with Gasteiger partial charge < -0.3 is 38.7 Å². The van der Waals surface area contributed by atoms with E-state index in [9.17, 15) is 19.8 Å². The first-order valence-corrected chi connectivity index (χ1v) is 12.9. The number of carbonyl (C=O) groups excluding carboxylic acids is 2. The second kappa shape index (κ2) is 18.2. The summed E-state index contributed by atoms with van der Waals surface area (Å²) in [4.78, 5) is 21.5. The third-order valence-corrected chi connectivity index (χ3v) is 5.69. The van der Waals surface area contributed by atoms with Gasteiger partial charge in [-0.2, -0.15) is 0 Å². The van der Waals surface area contributed by atoms with Crippen LogP contribution in [-0.4, -0.2) is 36.3 Å². The topological polar surface area (TPSA) is 117 Å². The van der Waals surface area contributed by atoms with E-state index < -0.39 is 11.9 Å². The number of methoxy groups -OCH3 is 2. The Morgan fingerprint density at radius 1 is 0.558 bits per heavy atom. The average molecular weight is 576 g/mol. The van der Waals surface area contributed by atoms with Crippen molar-refractivity contribution in [3.05, 3.63) is 143 Å². The number of hydrogen-bond acceptors (Lipinski definition) is 8. The van der Waals surface area contributed by atoms with E-state index in [1.54, 1.807) is 48.5 Å². The Kier molecular flexibility index (Phi) is 14.3. The molecule has 0 aromatic heterocycles. The Hall–Kier alpha value is -5.33. The molecular formula is C34H30BeO8. The molecule has 0 saturated heterocycles. The quantitative estimate of drug-likeness (QED) is 0.143. The van der Waals surface area contributed by atoms with Crippen LogP contribution in [0.15, 0.2) is 121 Å². The van der Waals surface area contributed by atoms with Crippen LogP contribution in [0.3, 0.4) is 0 Å². The number of hydrogen-bond donors (Lipinski definition) is 0. The first kappa shape index (κ1) is 33.9. The summed E-state index contributed by atoms with van der Waals surface area (Å²) in [5.41, 5.74) is 3.56. The molecule has 0 unspecified atom stereocenters. The van der Waals surface area contributed by atoms with Gasteiger partial charge in [-0.1, -0.05) is 84.9 Å². The third-order valence-electron chi connectivity index (χ3n) is 5.69. The van der Waals surface area contributed by atoms with Crippen molar-refractivity contribution in [3.63, 3.8) is 0 Å². The fourth-order valence-corrected chi connectivity index (χ4v) is 3.51. The zero-order valence-corrected chi connectivity index (χ0v) is 23.9. The summed E-state index contributed by atoms with van der Waals surface area (Å²) in [7, 11) is 2.58. The molecule has 4 aromatic rings. The van der Waals surface area contributed by atoms with Gasteiger partial charge in [0.05, 0.1) is 14.2 Å². The minimum absolute atomic E-state index is 0. The molecule has 9 heteroatoms. The fourth-order valence-electron chi connectivity index (χ4n) is 3.51. The van der Waals surface area contributed by atoms with E-state index in [2.05, 4.69) is 0 Å². The van der Waals surface area contributed by atoms with Crippen LogP contribution < -0.4 is 19.7 Å². The number of carboxylic acids is 2. The smallest absolute Gasteiger partial charge is 0.542 e. The first-order valence-electron chi connectivity index (χ1n) is 12.9. The van der Waals surface area contributed by atoms with Gasteiger partial charge in [0, 0.05) is 0 Å². The maximum atomic E-state index is 10.7. The molecule has 0 saturated carbocycles. The molecule has 0 N–H and O–H groups in total. The van der Waals surface area contributed by atoms with Crippen LogP contribution in [0.4, 0.5) is 0 Å². The minimum atomic E-state index is -1.35. The fraction of sp³-hybridized carbons (Fsp3) is 0.118. The number of carbonyl (C=O) groups is 2. The summed E-state index contributed by atoms with van der Waals surface area (Å²) >= 11 is 0. The van der Waals surface area contributed by atoms with E-state index in [4.69, 9.17) is 18.9 Å². The first-order chi connectivity index (χ1) is 20.4. The van der Waals surface area contributed by atoms with Crippen LogP contribution >= 0.6 is 0 Å². The van der Waals surface area contributed by atoms with Crippen LogP contribution in [0.2, 0.25) is 0 Å². The Morgan fingerprint density at radius 3 is 1.16 bits per heavy atom. The normalized spacial score (nSPS) is 10.7. The average Bonchev–Trinajstić information content (AvgIpc) is 3.02. The summed E-state index contributed by atoms with van der Waals surface area (Å²) < 4.78 is 20.7. The van der Waals surface area contributed by atoms with E-state index in [1.807, 2.05) is 60.7 Å². The molecule has 0 aliphatic rings. The van der Waals surface area contributed by atoms with Gasteiger partial charge in [-0.25, -0.2) is 0 Å². The maximum Gasteiger partial charge on any atom is 2.00 e. The number of aliphatic carboxylic acids is 2. The summed E-state index contributed by atoms with van der Waals surface area (Å²) in [6, 6.07) is 33.8. The predicted molar refractivity (Wildman–Crippen MR) is 160 cm³/mol. The van der Waals surface area contributed by atoms with E-state index in [0.29, 0.717) is 35.8 Å². The SMILES string of the molecule is CO/C(=C\c1ccc(OCc2ccccc2)cc1)C(=O)[O-].CO/C(=C\c1ccc(OCc2ccccc2)cc1)C(=O)[O-].[Be+2]. The van der Waals surface area contributed by atoms with Crippen LogP contribution in [0.5, 0.6) is 11.5 Å². The van der Waals surface area contributed by atoms with Crippen molar-refractivity contribution in [2.45, 2.75) is 13.2 Å². The van der Waals surface area contributed by atoms with Crippen molar-refractivity contribution in [2.75, 3.05) is 14.2 Å². The van der Waals surface area contributed by atoms with Crippen LogP contribution in [-0.2, 0) is 32.3 Å². The summed E-state index contributed by atoms with van der Waals surface area (Å²) in [5, 5.41) is 21.5. The van der Waals surface area contributed by atoms with E-state index in [-0.39, 0.29) is 21.6 Å².